The molecule has 0 aromatic heterocycles. The van der Waals surface area contributed by atoms with E-state index in [-0.39, 0.29) is 12.4 Å². The topological polar surface area (TPSA) is 23.5 Å². The van der Waals surface area contributed by atoms with Gasteiger partial charge < -0.3 is 10.0 Å². The molecule has 1 unspecified atom stereocenters. The van der Waals surface area contributed by atoms with Gasteiger partial charge in [-0.15, -0.1) is 0 Å². The molecule has 2 nitrogen and oxygen atoms in total. The summed E-state index contributed by atoms with van der Waals surface area (Å²) in [5.41, 5.74) is 0.918. The van der Waals surface area contributed by atoms with Gasteiger partial charge in [0.15, 0.2) is 0 Å². The highest BCUT2D eigenvalue weighted by molar-refractivity contribution is 5.47. The van der Waals surface area contributed by atoms with Crippen molar-refractivity contribution in [3.8, 4) is 0 Å². The molecule has 0 bridgehead atoms. The van der Waals surface area contributed by atoms with Gasteiger partial charge in [-0.3, -0.25) is 0 Å². The average molecular weight is 195 g/mol. The summed E-state index contributed by atoms with van der Waals surface area (Å²) < 4.78 is 12.9. The van der Waals surface area contributed by atoms with Crippen LogP contribution in [0.25, 0.3) is 0 Å². The highest BCUT2D eigenvalue weighted by Crippen LogP contribution is 2.23. The van der Waals surface area contributed by atoms with Gasteiger partial charge >= 0.3 is 0 Å². The number of aliphatic hydroxyl groups excluding tert-OH is 1. The minimum absolute atomic E-state index is 0.199. The first-order chi connectivity index (χ1) is 6.79. The molecule has 0 spiro atoms. The van der Waals surface area contributed by atoms with Crippen LogP contribution in [0, 0.1) is 11.7 Å². The van der Waals surface area contributed by atoms with Crippen molar-refractivity contribution >= 4 is 5.69 Å². The van der Waals surface area contributed by atoms with E-state index in [0.29, 0.717) is 5.92 Å². The maximum atomic E-state index is 12.9. The van der Waals surface area contributed by atoms with Crippen LogP contribution in [0.2, 0.25) is 0 Å². The number of nitrogens with zero attached hydrogens (tertiary/aromatic N) is 1. The molecule has 1 fully saturated rings. The predicted octanol–water partition coefficient (Wildman–Crippen LogP) is 1.64. The summed E-state index contributed by atoms with van der Waals surface area (Å²) in [5.74, 6) is 0.146. The fraction of sp³-hybridized carbons (Fsp3) is 0.455. The maximum Gasteiger partial charge on any atom is 0.125 e. The first-order valence-corrected chi connectivity index (χ1v) is 4.91. The molecular formula is C11H14FNO. The van der Waals surface area contributed by atoms with Gasteiger partial charge in [0.05, 0.1) is 0 Å². The number of hydrogen-bond donors (Lipinski definition) is 1. The Bertz CT molecular complexity index is 316. The number of benzene rings is 1. The zero-order valence-electron chi connectivity index (χ0n) is 7.99. The molecule has 1 aromatic rings. The lowest BCUT2D eigenvalue weighted by molar-refractivity contribution is 0.238. The maximum absolute atomic E-state index is 12.9. The number of hydrogen-bond acceptors (Lipinski definition) is 2. The predicted molar refractivity (Wildman–Crippen MR) is 53.8 cm³/mol. The quantitative estimate of drug-likeness (QED) is 0.775. The number of aliphatic hydroxyl groups is 1. The van der Waals surface area contributed by atoms with Crippen molar-refractivity contribution in [1.29, 1.82) is 0 Å². The van der Waals surface area contributed by atoms with E-state index in [1.54, 1.807) is 12.1 Å². The zero-order valence-corrected chi connectivity index (χ0v) is 7.99. The summed E-state index contributed by atoms with van der Waals surface area (Å²) >= 11 is 0. The van der Waals surface area contributed by atoms with E-state index >= 15 is 0 Å². The van der Waals surface area contributed by atoms with E-state index in [1.807, 2.05) is 6.07 Å². The highest BCUT2D eigenvalue weighted by atomic mass is 19.1. The third-order valence-corrected chi connectivity index (χ3v) is 2.72. The average Bonchev–Trinajstić information content (AvgIpc) is 2.66. The lowest BCUT2D eigenvalue weighted by Crippen LogP contribution is -2.20. The molecule has 1 heterocycles. The van der Waals surface area contributed by atoms with E-state index < -0.39 is 0 Å². The number of halogens is 1. The third kappa shape index (κ3) is 1.87. The van der Waals surface area contributed by atoms with Crippen LogP contribution >= 0.6 is 0 Å². The van der Waals surface area contributed by atoms with E-state index in [2.05, 4.69) is 4.90 Å². The molecule has 0 amide bonds. The van der Waals surface area contributed by atoms with Crippen LogP contribution in [0.3, 0.4) is 0 Å². The molecule has 1 atom stereocenters. The van der Waals surface area contributed by atoms with Gasteiger partial charge in [0.25, 0.3) is 0 Å². The van der Waals surface area contributed by atoms with E-state index in [1.165, 1.54) is 6.07 Å². The lowest BCUT2D eigenvalue weighted by atomic mass is 10.1. The van der Waals surface area contributed by atoms with Crippen LogP contribution in [0.4, 0.5) is 10.1 Å². The standard InChI is InChI=1S/C11H14FNO/c12-10-2-1-3-11(6-10)13-5-4-9(7-13)8-14/h1-3,6,9,14H,4-5,7-8H2. The Balaban J connectivity index is 2.09. The summed E-state index contributed by atoms with van der Waals surface area (Å²) in [6.45, 7) is 1.97. The largest absolute Gasteiger partial charge is 0.396 e. The second kappa shape index (κ2) is 3.96. The highest BCUT2D eigenvalue weighted by Gasteiger charge is 2.21. The van der Waals surface area contributed by atoms with Gasteiger partial charge in [-0.2, -0.15) is 0 Å². The lowest BCUT2D eigenvalue weighted by Gasteiger charge is -2.18. The second-order valence-corrected chi connectivity index (χ2v) is 3.76. The fourth-order valence-corrected chi connectivity index (χ4v) is 1.89. The van der Waals surface area contributed by atoms with Crippen LogP contribution in [-0.4, -0.2) is 24.8 Å². The summed E-state index contributed by atoms with van der Waals surface area (Å²) in [4.78, 5) is 2.12. The Morgan fingerprint density at radius 2 is 2.36 bits per heavy atom. The summed E-state index contributed by atoms with van der Waals surface area (Å²) in [6.07, 6.45) is 0.993. The van der Waals surface area contributed by atoms with Crippen LogP contribution in [0.5, 0.6) is 0 Å². The molecule has 3 heteroatoms. The van der Waals surface area contributed by atoms with Crippen LogP contribution in [-0.2, 0) is 0 Å². The van der Waals surface area contributed by atoms with Crippen molar-refractivity contribution < 1.29 is 9.50 Å². The Labute approximate surface area is 83.0 Å². The van der Waals surface area contributed by atoms with E-state index in [4.69, 9.17) is 5.11 Å². The molecule has 1 aromatic carbocycles. The molecule has 0 aliphatic carbocycles. The van der Waals surface area contributed by atoms with E-state index in [9.17, 15) is 4.39 Å². The first-order valence-electron chi connectivity index (χ1n) is 4.91. The molecular weight excluding hydrogens is 181 g/mol. The molecule has 1 N–H and O–H groups in total. The van der Waals surface area contributed by atoms with Crippen LogP contribution in [0.1, 0.15) is 6.42 Å². The SMILES string of the molecule is OCC1CCN(c2cccc(F)c2)C1. The summed E-state index contributed by atoms with van der Waals surface area (Å²) in [7, 11) is 0. The molecule has 76 valence electrons. The molecule has 1 aliphatic rings. The van der Waals surface area contributed by atoms with Crippen molar-refractivity contribution in [3.05, 3.63) is 30.1 Å². The number of rotatable bonds is 2. The molecule has 0 radical (unpaired) electrons. The molecule has 1 aliphatic heterocycles. The van der Waals surface area contributed by atoms with Gasteiger partial charge in [0, 0.05) is 31.3 Å². The van der Waals surface area contributed by atoms with Crippen LogP contribution < -0.4 is 4.90 Å². The van der Waals surface area contributed by atoms with Crippen molar-refractivity contribution in [3.63, 3.8) is 0 Å². The molecule has 1 saturated heterocycles. The monoisotopic (exact) mass is 195 g/mol. The Morgan fingerprint density at radius 3 is 3.00 bits per heavy atom. The molecule has 0 saturated carbocycles. The Morgan fingerprint density at radius 1 is 1.50 bits per heavy atom. The molecule has 2 rings (SSSR count). The Kier molecular flexibility index (Phi) is 2.68. The smallest absolute Gasteiger partial charge is 0.125 e. The normalized spacial score (nSPS) is 21.6. The van der Waals surface area contributed by atoms with Crippen LogP contribution in [0.15, 0.2) is 24.3 Å². The van der Waals surface area contributed by atoms with Gasteiger partial charge in [-0.05, 0) is 24.6 Å². The van der Waals surface area contributed by atoms with Crippen molar-refractivity contribution in [1.82, 2.24) is 0 Å². The van der Waals surface area contributed by atoms with Crippen molar-refractivity contribution in [2.75, 3.05) is 24.6 Å². The third-order valence-electron chi connectivity index (χ3n) is 2.72. The zero-order chi connectivity index (χ0) is 9.97. The Hall–Kier alpha value is -1.09. The fourth-order valence-electron chi connectivity index (χ4n) is 1.89. The van der Waals surface area contributed by atoms with Gasteiger partial charge in [0.2, 0.25) is 0 Å². The first kappa shape index (κ1) is 9.46. The number of anilines is 1. The minimum atomic E-state index is -0.199. The van der Waals surface area contributed by atoms with E-state index in [0.717, 1.165) is 25.2 Å². The summed E-state index contributed by atoms with van der Waals surface area (Å²) in [6, 6.07) is 6.61. The molecule has 14 heavy (non-hydrogen) atoms. The van der Waals surface area contributed by atoms with Gasteiger partial charge in [0.1, 0.15) is 5.82 Å². The van der Waals surface area contributed by atoms with Crippen molar-refractivity contribution in [2.24, 2.45) is 5.92 Å². The van der Waals surface area contributed by atoms with Gasteiger partial charge in [-0.25, -0.2) is 4.39 Å². The van der Waals surface area contributed by atoms with Gasteiger partial charge in [-0.1, -0.05) is 6.07 Å². The minimum Gasteiger partial charge on any atom is -0.396 e. The van der Waals surface area contributed by atoms with Crippen molar-refractivity contribution in [2.45, 2.75) is 6.42 Å². The second-order valence-electron chi connectivity index (χ2n) is 3.76. The summed E-state index contributed by atoms with van der Waals surface area (Å²) in [5, 5.41) is 8.98.